The fourth-order valence-electron chi connectivity index (χ4n) is 2.07. The Morgan fingerprint density at radius 2 is 2.11 bits per heavy atom. The molecule has 0 unspecified atom stereocenters. The number of anilines is 2. The molecule has 0 spiro atoms. The van der Waals surface area contributed by atoms with Crippen LogP contribution in [0.25, 0.3) is 0 Å². The lowest BCUT2D eigenvalue weighted by Gasteiger charge is -2.43. The monoisotopic (exact) mass is 257 g/mol. The Bertz CT molecular complexity index is 451. The molecule has 100 valence electrons. The largest absolute Gasteiger partial charge is 0.377 e. The second-order valence-corrected chi connectivity index (χ2v) is 4.89. The van der Waals surface area contributed by atoms with Gasteiger partial charge >= 0.3 is 0 Å². The van der Waals surface area contributed by atoms with Gasteiger partial charge < -0.3 is 15.0 Å². The van der Waals surface area contributed by atoms with Gasteiger partial charge in [-0.1, -0.05) is 0 Å². The molecule has 0 aromatic carbocycles. The minimum Gasteiger partial charge on any atom is -0.377 e. The van der Waals surface area contributed by atoms with E-state index >= 15 is 0 Å². The molecular formula is C12H17F2N3O. The first-order valence-electron chi connectivity index (χ1n) is 5.85. The van der Waals surface area contributed by atoms with Crippen LogP contribution in [0, 0.1) is 11.6 Å². The number of morpholine rings is 1. The van der Waals surface area contributed by atoms with Crippen LogP contribution >= 0.6 is 0 Å². The summed E-state index contributed by atoms with van der Waals surface area (Å²) >= 11 is 0. The van der Waals surface area contributed by atoms with Gasteiger partial charge in [0, 0.05) is 19.7 Å². The molecule has 18 heavy (non-hydrogen) atoms. The smallest absolute Gasteiger partial charge is 0.168 e. The van der Waals surface area contributed by atoms with Crippen LogP contribution in [0.15, 0.2) is 6.07 Å². The summed E-state index contributed by atoms with van der Waals surface area (Å²) in [5, 5.41) is 2.62. The number of hydrogen-bond donors (Lipinski definition) is 1. The topological polar surface area (TPSA) is 37.4 Å². The third kappa shape index (κ3) is 2.25. The lowest BCUT2D eigenvalue weighted by atomic mass is 10.0. The third-order valence-corrected chi connectivity index (χ3v) is 3.05. The van der Waals surface area contributed by atoms with Gasteiger partial charge in [-0.15, -0.1) is 0 Å². The van der Waals surface area contributed by atoms with Crippen molar-refractivity contribution in [3.63, 3.8) is 0 Å². The number of halogens is 2. The van der Waals surface area contributed by atoms with Crippen molar-refractivity contribution in [3.8, 4) is 0 Å². The second-order valence-electron chi connectivity index (χ2n) is 4.89. The van der Waals surface area contributed by atoms with Crippen molar-refractivity contribution >= 4 is 11.6 Å². The number of hydrogen-bond acceptors (Lipinski definition) is 4. The molecule has 0 bridgehead atoms. The zero-order chi connectivity index (χ0) is 13.3. The molecule has 1 aromatic rings. The van der Waals surface area contributed by atoms with E-state index in [2.05, 4.69) is 10.3 Å². The van der Waals surface area contributed by atoms with Crippen LogP contribution < -0.4 is 10.2 Å². The summed E-state index contributed by atoms with van der Waals surface area (Å²) < 4.78 is 32.6. The number of rotatable bonds is 2. The van der Waals surface area contributed by atoms with E-state index in [1.54, 1.807) is 7.05 Å². The van der Waals surface area contributed by atoms with Crippen molar-refractivity contribution in [3.05, 3.63) is 17.7 Å². The Kier molecular flexibility index (Phi) is 3.38. The first-order valence-corrected chi connectivity index (χ1v) is 5.85. The normalized spacial score (nSPS) is 18.8. The number of nitrogens with one attached hydrogen (secondary N) is 1. The van der Waals surface area contributed by atoms with Crippen molar-refractivity contribution in [2.24, 2.45) is 0 Å². The zero-order valence-corrected chi connectivity index (χ0v) is 10.8. The van der Waals surface area contributed by atoms with Crippen molar-refractivity contribution in [1.29, 1.82) is 0 Å². The molecule has 0 atom stereocenters. The van der Waals surface area contributed by atoms with E-state index in [1.807, 2.05) is 18.7 Å². The van der Waals surface area contributed by atoms with Crippen LogP contribution in [0.2, 0.25) is 0 Å². The third-order valence-electron chi connectivity index (χ3n) is 3.05. The lowest BCUT2D eigenvalue weighted by Crippen LogP contribution is -2.53. The predicted octanol–water partition coefficient (Wildman–Crippen LogP) is 2.02. The van der Waals surface area contributed by atoms with Gasteiger partial charge in [-0.2, -0.15) is 0 Å². The molecule has 0 amide bonds. The molecule has 2 rings (SSSR count). The van der Waals surface area contributed by atoms with E-state index in [9.17, 15) is 8.78 Å². The number of pyridine rings is 1. The first kappa shape index (κ1) is 13.0. The molecule has 1 saturated heterocycles. The number of nitrogens with zero attached hydrogens (tertiary/aromatic N) is 2. The molecule has 1 N–H and O–H groups in total. The highest BCUT2D eigenvalue weighted by atomic mass is 19.1. The van der Waals surface area contributed by atoms with Gasteiger partial charge in [0.25, 0.3) is 0 Å². The SMILES string of the molecule is CNc1nc(N2CCOCC2(C)C)c(F)cc1F. The van der Waals surface area contributed by atoms with Gasteiger partial charge in [0.05, 0.1) is 18.8 Å². The highest BCUT2D eigenvalue weighted by Crippen LogP contribution is 2.29. The molecule has 1 aliphatic rings. The molecule has 6 heteroatoms. The van der Waals surface area contributed by atoms with E-state index in [4.69, 9.17) is 4.74 Å². The first-order chi connectivity index (χ1) is 8.45. The maximum atomic E-state index is 13.9. The van der Waals surface area contributed by atoms with Crippen molar-refractivity contribution in [2.75, 3.05) is 37.0 Å². The van der Waals surface area contributed by atoms with E-state index in [-0.39, 0.29) is 17.2 Å². The molecule has 1 aromatic heterocycles. The molecule has 1 fully saturated rings. The maximum Gasteiger partial charge on any atom is 0.168 e. The van der Waals surface area contributed by atoms with E-state index < -0.39 is 11.6 Å². The summed E-state index contributed by atoms with van der Waals surface area (Å²) in [5.74, 6) is -1.13. The van der Waals surface area contributed by atoms with Crippen LogP contribution in [-0.2, 0) is 4.74 Å². The van der Waals surface area contributed by atoms with Gasteiger partial charge in [-0.05, 0) is 13.8 Å². The Morgan fingerprint density at radius 1 is 1.39 bits per heavy atom. The fraction of sp³-hybridized carbons (Fsp3) is 0.583. The highest BCUT2D eigenvalue weighted by Gasteiger charge is 2.33. The van der Waals surface area contributed by atoms with Crippen LogP contribution in [0.5, 0.6) is 0 Å². The number of aromatic nitrogens is 1. The summed E-state index contributed by atoms with van der Waals surface area (Å²) in [7, 11) is 1.55. The van der Waals surface area contributed by atoms with Crippen LogP contribution in [0.4, 0.5) is 20.4 Å². The standard InChI is InChI=1S/C12H17F2N3O/c1-12(2)7-18-5-4-17(12)11-9(14)6-8(13)10(15-3)16-11/h6H,4-5,7H2,1-3H3,(H,15,16). The van der Waals surface area contributed by atoms with E-state index in [0.29, 0.717) is 19.8 Å². The Hall–Kier alpha value is -1.43. The molecule has 0 aliphatic carbocycles. The van der Waals surface area contributed by atoms with E-state index in [1.165, 1.54) is 0 Å². The van der Waals surface area contributed by atoms with Crippen LogP contribution in [0.3, 0.4) is 0 Å². The van der Waals surface area contributed by atoms with Gasteiger partial charge in [0.2, 0.25) is 0 Å². The van der Waals surface area contributed by atoms with Gasteiger partial charge in [0.15, 0.2) is 23.3 Å². The molecule has 2 heterocycles. The van der Waals surface area contributed by atoms with Crippen LogP contribution in [-0.4, -0.2) is 37.3 Å². The number of ether oxygens (including phenoxy) is 1. The van der Waals surface area contributed by atoms with Crippen molar-refractivity contribution in [1.82, 2.24) is 4.98 Å². The highest BCUT2D eigenvalue weighted by molar-refractivity contribution is 5.51. The van der Waals surface area contributed by atoms with Gasteiger partial charge in [-0.25, -0.2) is 13.8 Å². The molecule has 4 nitrogen and oxygen atoms in total. The summed E-state index contributed by atoms with van der Waals surface area (Å²) in [6, 6.07) is 0.861. The van der Waals surface area contributed by atoms with Gasteiger partial charge in [-0.3, -0.25) is 0 Å². The van der Waals surface area contributed by atoms with E-state index in [0.717, 1.165) is 6.07 Å². The lowest BCUT2D eigenvalue weighted by molar-refractivity contribution is 0.0634. The Labute approximate surface area is 105 Å². The molecule has 0 radical (unpaired) electrons. The fourth-order valence-corrected chi connectivity index (χ4v) is 2.07. The molecule has 1 aliphatic heterocycles. The minimum absolute atomic E-state index is 0.0497. The summed E-state index contributed by atoms with van der Waals surface area (Å²) in [6.45, 7) is 5.41. The molecule has 0 saturated carbocycles. The average Bonchev–Trinajstić information content (AvgIpc) is 2.30. The predicted molar refractivity (Wildman–Crippen MR) is 65.9 cm³/mol. The summed E-state index contributed by atoms with van der Waals surface area (Å²) in [4.78, 5) is 5.83. The summed E-state index contributed by atoms with van der Waals surface area (Å²) in [6.07, 6.45) is 0. The van der Waals surface area contributed by atoms with Crippen molar-refractivity contribution < 1.29 is 13.5 Å². The minimum atomic E-state index is -0.690. The second kappa shape index (κ2) is 4.68. The van der Waals surface area contributed by atoms with Crippen molar-refractivity contribution in [2.45, 2.75) is 19.4 Å². The zero-order valence-electron chi connectivity index (χ0n) is 10.8. The quantitative estimate of drug-likeness (QED) is 0.879. The summed E-state index contributed by atoms with van der Waals surface area (Å²) in [5.41, 5.74) is -0.366. The maximum absolute atomic E-state index is 13.9. The Balaban J connectivity index is 2.43. The molecular weight excluding hydrogens is 240 g/mol. The van der Waals surface area contributed by atoms with Crippen LogP contribution in [0.1, 0.15) is 13.8 Å². The Morgan fingerprint density at radius 3 is 2.72 bits per heavy atom. The van der Waals surface area contributed by atoms with Gasteiger partial charge in [0.1, 0.15) is 0 Å². The average molecular weight is 257 g/mol.